The van der Waals surface area contributed by atoms with Gasteiger partial charge in [0.05, 0.1) is 31.3 Å². The summed E-state index contributed by atoms with van der Waals surface area (Å²) in [5.41, 5.74) is -0.00604. The fourth-order valence-electron chi connectivity index (χ4n) is 2.88. The molecule has 0 saturated carbocycles. The number of carbonyl (C=O) groups excluding carboxylic acids is 1. The molecule has 1 saturated heterocycles. The van der Waals surface area contributed by atoms with Gasteiger partial charge in [-0.3, -0.25) is 4.79 Å². The molecule has 1 fully saturated rings. The predicted octanol–water partition coefficient (Wildman–Crippen LogP) is 1.05. The fourth-order valence-corrected chi connectivity index (χ4v) is 3.48. The first-order chi connectivity index (χ1) is 15.3. The van der Waals surface area contributed by atoms with Crippen LogP contribution in [-0.4, -0.2) is 45.7 Å². The Bertz CT molecular complexity index is 1140. The number of anilines is 1. The third-order valence-corrected chi connectivity index (χ3v) is 5.33. The smallest absolute Gasteiger partial charge is 0.276 e. The summed E-state index contributed by atoms with van der Waals surface area (Å²) in [6.45, 7) is 1.09. The number of benzene rings is 1. The summed E-state index contributed by atoms with van der Waals surface area (Å²) in [6.07, 6.45) is 0.613. The van der Waals surface area contributed by atoms with Crippen molar-refractivity contribution >= 4 is 22.6 Å². The van der Waals surface area contributed by atoms with Crippen LogP contribution in [-0.2, 0) is 22.8 Å². The lowest BCUT2D eigenvalue weighted by Crippen LogP contribution is -2.26. The molecule has 1 aliphatic heterocycles. The first kappa shape index (κ1) is 23.4. The van der Waals surface area contributed by atoms with Crippen LogP contribution in [0.1, 0.15) is 22.5 Å². The summed E-state index contributed by atoms with van der Waals surface area (Å²) in [6, 6.07) is 5.27. The van der Waals surface area contributed by atoms with E-state index in [2.05, 4.69) is 17.2 Å². The third kappa shape index (κ3) is 5.52. The van der Waals surface area contributed by atoms with Crippen LogP contribution in [0.4, 0.5) is 10.1 Å². The molecule has 9 nitrogen and oxygen atoms in total. The molecule has 168 valence electrons. The van der Waals surface area contributed by atoms with Crippen LogP contribution < -0.4 is 15.2 Å². The number of amides is 1. The molecule has 32 heavy (non-hydrogen) atoms. The van der Waals surface area contributed by atoms with Crippen LogP contribution in [0.2, 0.25) is 0 Å². The van der Waals surface area contributed by atoms with Gasteiger partial charge in [-0.2, -0.15) is 5.26 Å². The van der Waals surface area contributed by atoms with Gasteiger partial charge in [0.2, 0.25) is 0 Å². The summed E-state index contributed by atoms with van der Waals surface area (Å²) in [5.74, 6) is 4.40. The van der Waals surface area contributed by atoms with Crippen molar-refractivity contribution < 1.29 is 28.0 Å². The molecular formula is C21H21FN4O5S. The van der Waals surface area contributed by atoms with Crippen LogP contribution in [0.5, 0.6) is 5.75 Å². The van der Waals surface area contributed by atoms with Crippen LogP contribution >= 0.6 is 0 Å². The van der Waals surface area contributed by atoms with Crippen LogP contribution in [0.15, 0.2) is 29.3 Å². The van der Waals surface area contributed by atoms with E-state index in [0.29, 0.717) is 13.2 Å². The molecule has 1 amide bonds. The predicted molar refractivity (Wildman–Crippen MR) is 113 cm³/mol. The molecular weight excluding hydrogens is 439 g/mol. The number of hydrogen-bond donors (Lipinski definition) is 3. The lowest BCUT2D eigenvalue weighted by molar-refractivity contribution is -0.00320. The minimum absolute atomic E-state index is 0.000929. The van der Waals surface area contributed by atoms with Gasteiger partial charge in [0.1, 0.15) is 33.9 Å². The minimum atomic E-state index is -1.94. The van der Waals surface area contributed by atoms with Crippen LogP contribution in [0.3, 0.4) is 0 Å². The van der Waals surface area contributed by atoms with Crippen molar-refractivity contribution in [2.75, 3.05) is 25.1 Å². The summed E-state index contributed by atoms with van der Waals surface area (Å²) in [4.78, 5) is 13.0. The highest BCUT2D eigenvalue weighted by atomic mass is 32.2. The molecule has 3 rings (SSSR count). The third-order valence-electron chi connectivity index (χ3n) is 4.61. The van der Waals surface area contributed by atoms with Crippen molar-refractivity contribution in [1.29, 1.82) is 5.26 Å². The molecule has 0 bridgehead atoms. The van der Waals surface area contributed by atoms with E-state index in [1.807, 2.05) is 0 Å². The van der Waals surface area contributed by atoms with Crippen molar-refractivity contribution in [2.24, 2.45) is 18.1 Å². The Morgan fingerprint density at radius 3 is 2.91 bits per heavy atom. The lowest BCUT2D eigenvalue weighted by atomic mass is 10.1. The Kier molecular flexibility index (Phi) is 7.62. The fraction of sp³-hybridized carbons (Fsp3) is 0.333. The zero-order valence-electron chi connectivity index (χ0n) is 17.1. The molecule has 2 unspecified atom stereocenters. The summed E-state index contributed by atoms with van der Waals surface area (Å²) in [7, 11) is -0.395. The SMILES string of the molecule is Cn1cc(S(N)=O)c(OCCC(O)C#CC2COC2)c1C(=O)Nc1ccc(F)c(C#N)c1. The van der Waals surface area contributed by atoms with Crippen molar-refractivity contribution in [3.63, 3.8) is 0 Å². The Labute approximate surface area is 186 Å². The zero-order chi connectivity index (χ0) is 23.3. The number of nitrogens with one attached hydrogen (secondary N) is 1. The van der Waals surface area contributed by atoms with Gasteiger partial charge >= 0.3 is 0 Å². The molecule has 0 spiro atoms. The van der Waals surface area contributed by atoms with Gasteiger partial charge in [0.25, 0.3) is 5.91 Å². The monoisotopic (exact) mass is 460 g/mol. The van der Waals surface area contributed by atoms with Gasteiger partial charge in [0, 0.05) is 25.4 Å². The summed E-state index contributed by atoms with van der Waals surface area (Å²) >= 11 is 0. The standard InChI is InChI=1S/C21H21FN4O5S/c1-26-10-18(32(24)29)20(31-7-6-16(27)4-2-13-11-30-12-13)19(26)21(28)25-15-3-5-17(22)14(8-15)9-23/h3,5,8,10,13,16,27H,6-7,11-12,24H2,1H3,(H,25,28). The average molecular weight is 460 g/mol. The van der Waals surface area contributed by atoms with Gasteiger partial charge in [-0.1, -0.05) is 11.8 Å². The van der Waals surface area contributed by atoms with Gasteiger partial charge < -0.3 is 24.5 Å². The first-order valence-electron chi connectivity index (χ1n) is 9.56. The van der Waals surface area contributed by atoms with E-state index in [0.717, 1.165) is 6.07 Å². The molecule has 0 radical (unpaired) electrons. The van der Waals surface area contributed by atoms with Gasteiger partial charge in [-0.05, 0) is 18.2 Å². The molecule has 1 aromatic heterocycles. The Morgan fingerprint density at radius 2 is 2.28 bits per heavy atom. The maximum atomic E-state index is 13.5. The van der Waals surface area contributed by atoms with Crippen molar-refractivity contribution in [1.82, 2.24) is 4.57 Å². The van der Waals surface area contributed by atoms with E-state index < -0.39 is 28.8 Å². The highest BCUT2D eigenvalue weighted by Crippen LogP contribution is 2.29. The van der Waals surface area contributed by atoms with E-state index in [1.165, 1.54) is 22.9 Å². The Balaban J connectivity index is 1.75. The number of aryl methyl sites for hydroxylation is 1. The largest absolute Gasteiger partial charge is 0.490 e. The van der Waals surface area contributed by atoms with Crippen molar-refractivity contribution in [2.45, 2.75) is 17.4 Å². The van der Waals surface area contributed by atoms with Gasteiger partial charge in [-0.25, -0.2) is 13.7 Å². The number of aliphatic hydroxyl groups is 1. The minimum Gasteiger partial charge on any atom is -0.490 e. The molecule has 2 aromatic rings. The number of carbonyl (C=O) groups is 1. The molecule has 2 atom stereocenters. The molecule has 1 aliphatic rings. The molecule has 0 aliphatic carbocycles. The number of aromatic nitrogens is 1. The second kappa shape index (κ2) is 10.4. The first-order valence-corrected chi connectivity index (χ1v) is 10.8. The Morgan fingerprint density at radius 1 is 1.53 bits per heavy atom. The lowest BCUT2D eigenvalue weighted by Gasteiger charge is -2.20. The number of ether oxygens (including phenoxy) is 2. The number of nitrogens with two attached hydrogens (primary N) is 1. The second-order valence-electron chi connectivity index (χ2n) is 7.02. The van der Waals surface area contributed by atoms with E-state index in [4.69, 9.17) is 19.9 Å². The van der Waals surface area contributed by atoms with Crippen molar-refractivity contribution in [3.05, 3.63) is 41.5 Å². The van der Waals surface area contributed by atoms with Crippen molar-refractivity contribution in [3.8, 4) is 23.7 Å². The number of nitrogens with zero attached hydrogens (tertiary/aromatic N) is 2. The van der Waals surface area contributed by atoms with E-state index >= 15 is 0 Å². The maximum absolute atomic E-state index is 13.5. The van der Waals surface area contributed by atoms with Crippen LogP contribution in [0, 0.1) is 34.9 Å². The molecule has 2 heterocycles. The Hall–Kier alpha value is -3.22. The van der Waals surface area contributed by atoms with Gasteiger partial charge in [0.15, 0.2) is 11.4 Å². The highest BCUT2D eigenvalue weighted by molar-refractivity contribution is 7.82. The summed E-state index contributed by atoms with van der Waals surface area (Å²) in [5, 5.41) is 27.0. The maximum Gasteiger partial charge on any atom is 0.276 e. The number of halogens is 1. The van der Waals surface area contributed by atoms with Crippen LogP contribution in [0.25, 0.3) is 0 Å². The second-order valence-corrected chi connectivity index (χ2v) is 8.05. The van der Waals surface area contributed by atoms with Gasteiger partial charge in [-0.15, -0.1) is 0 Å². The van der Waals surface area contributed by atoms with E-state index in [1.54, 1.807) is 13.1 Å². The van der Waals surface area contributed by atoms with E-state index in [-0.39, 0.29) is 46.5 Å². The number of rotatable bonds is 7. The number of aliphatic hydroxyl groups excluding tert-OH is 1. The van der Waals surface area contributed by atoms with E-state index in [9.17, 15) is 18.5 Å². The molecule has 1 aromatic carbocycles. The number of hydrogen-bond acceptors (Lipinski definition) is 6. The zero-order valence-corrected chi connectivity index (χ0v) is 17.9. The average Bonchev–Trinajstić information content (AvgIpc) is 3.04. The number of nitriles is 1. The topological polar surface area (TPSA) is 140 Å². The highest BCUT2D eigenvalue weighted by Gasteiger charge is 2.25. The normalized spacial score (nSPS) is 15.0. The quantitative estimate of drug-likeness (QED) is 0.528. The molecule has 4 N–H and O–H groups in total. The summed E-state index contributed by atoms with van der Waals surface area (Å²) < 4.78 is 37.6. The molecule has 11 heteroatoms.